The molecule has 3 rings (SSSR count). The van der Waals surface area contributed by atoms with E-state index in [9.17, 15) is 17.1 Å². The molecule has 2 aromatic rings. The number of pyridine rings is 1. The van der Waals surface area contributed by atoms with Crippen molar-refractivity contribution in [2.45, 2.75) is 18.1 Å². The van der Waals surface area contributed by atoms with E-state index in [4.69, 9.17) is 0 Å². The van der Waals surface area contributed by atoms with Gasteiger partial charge in [-0.2, -0.15) is 8.42 Å². The molecular weight excluding hydrogens is 297 g/mol. The third kappa shape index (κ3) is 2.90. The zero-order valence-corrected chi connectivity index (χ0v) is 12.0. The van der Waals surface area contributed by atoms with Crippen LogP contribution in [-0.2, 0) is 21.4 Å². The summed E-state index contributed by atoms with van der Waals surface area (Å²) < 4.78 is 36.5. The second-order valence-electron chi connectivity index (χ2n) is 5.12. The molecule has 0 N–H and O–H groups in total. The first kappa shape index (κ1) is 14.0. The smallest absolute Gasteiger partial charge is 0.307 e. The van der Waals surface area contributed by atoms with Gasteiger partial charge < -0.3 is 9.30 Å². The van der Waals surface area contributed by atoms with E-state index in [-0.39, 0.29) is 18.9 Å². The first-order valence-electron chi connectivity index (χ1n) is 6.56. The van der Waals surface area contributed by atoms with Crippen molar-refractivity contribution in [3.63, 3.8) is 0 Å². The number of halogens is 1. The van der Waals surface area contributed by atoms with Gasteiger partial charge in [-0.3, -0.25) is 4.79 Å². The summed E-state index contributed by atoms with van der Waals surface area (Å²) in [5, 5.41) is -1.22. The minimum atomic E-state index is -4.65. The lowest BCUT2D eigenvalue weighted by molar-refractivity contribution is -0.127. The van der Waals surface area contributed by atoms with Gasteiger partial charge in [0.25, 0.3) is 0 Å². The van der Waals surface area contributed by atoms with Crippen LogP contribution < -0.4 is 0 Å². The number of hydrogen-bond donors (Lipinski definition) is 0. The lowest BCUT2D eigenvalue weighted by Gasteiger charge is -2.15. The minimum Gasteiger partial charge on any atom is -0.341 e. The SMILES string of the molecule is O=C1CC(S(=O)(=O)F)CN1CCc1ccc2nccn2c1. The Balaban J connectivity index is 1.66. The van der Waals surface area contributed by atoms with Crippen molar-refractivity contribution in [3.8, 4) is 0 Å². The number of fused-ring (bicyclic) bond motifs is 1. The minimum absolute atomic E-state index is 0.0645. The quantitative estimate of drug-likeness (QED) is 0.782. The first-order valence-corrected chi connectivity index (χ1v) is 8.01. The Bertz CT molecular complexity index is 787. The summed E-state index contributed by atoms with van der Waals surface area (Å²) >= 11 is 0. The Hall–Kier alpha value is -1.96. The molecule has 1 amide bonds. The Morgan fingerprint density at radius 3 is 2.90 bits per heavy atom. The van der Waals surface area contributed by atoms with Gasteiger partial charge in [0.2, 0.25) is 5.91 Å². The topological polar surface area (TPSA) is 71.8 Å². The zero-order chi connectivity index (χ0) is 15.0. The zero-order valence-electron chi connectivity index (χ0n) is 11.1. The van der Waals surface area contributed by atoms with Crippen LogP contribution in [0.15, 0.2) is 30.7 Å². The maximum atomic E-state index is 12.9. The summed E-state index contributed by atoms with van der Waals surface area (Å²) in [5.41, 5.74) is 1.83. The molecule has 0 spiro atoms. The fourth-order valence-corrected chi connectivity index (χ4v) is 3.22. The largest absolute Gasteiger partial charge is 0.341 e. The van der Waals surface area contributed by atoms with Gasteiger partial charge in [-0.25, -0.2) is 4.98 Å². The molecule has 0 saturated carbocycles. The Morgan fingerprint density at radius 1 is 1.38 bits per heavy atom. The second kappa shape index (κ2) is 5.10. The van der Waals surface area contributed by atoms with E-state index >= 15 is 0 Å². The lowest BCUT2D eigenvalue weighted by atomic mass is 10.2. The molecule has 1 fully saturated rings. The van der Waals surface area contributed by atoms with Crippen LogP contribution >= 0.6 is 0 Å². The van der Waals surface area contributed by atoms with Crippen molar-refractivity contribution in [2.24, 2.45) is 0 Å². The number of carbonyl (C=O) groups excluding carboxylic acids is 1. The molecule has 0 aliphatic carbocycles. The van der Waals surface area contributed by atoms with Crippen molar-refractivity contribution in [1.29, 1.82) is 0 Å². The Morgan fingerprint density at radius 2 is 2.19 bits per heavy atom. The standard InChI is InChI=1S/C13H14FN3O3S/c14-21(19,20)11-7-13(18)17(9-11)5-3-10-1-2-12-15-4-6-16(12)8-10/h1-2,4,6,8,11H,3,5,7,9H2. The molecule has 0 bridgehead atoms. The third-order valence-electron chi connectivity index (χ3n) is 3.70. The second-order valence-corrected chi connectivity index (χ2v) is 6.74. The van der Waals surface area contributed by atoms with Crippen LogP contribution in [-0.4, -0.2) is 46.9 Å². The highest BCUT2D eigenvalue weighted by Crippen LogP contribution is 2.20. The summed E-state index contributed by atoms with van der Waals surface area (Å²) in [7, 11) is -4.65. The van der Waals surface area contributed by atoms with Crippen molar-refractivity contribution >= 4 is 21.8 Å². The summed E-state index contributed by atoms with van der Waals surface area (Å²) in [5.74, 6) is -0.315. The van der Waals surface area contributed by atoms with Gasteiger partial charge in [0, 0.05) is 38.1 Å². The number of aromatic nitrogens is 2. The summed E-state index contributed by atoms with van der Waals surface area (Å²) in [6, 6.07) is 3.78. The van der Waals surface area contributed by atoms with Crippen LogP contribution in [0.5, 0.6) is 0 Å². The van der Waals surface area contributed by atoms with E-state index in [1.165, 1.54) is 4.90 Å². The number of carbonyl (C=O) groups is 1. The van der Waals surface area contributed by atoms with Crippen molar-refractivity contribution in [2.75, 3.05) is 13.1 Å². The molecule has 2 aromatic heterocycles. The molecule has 0 aromatic carbocycles. The predicted molar refractivity (Wildman–Crippen MR) is 73.9 cm³/mol. The maximum absolute atomic E-state index is 12.9. The number of imidazole rings is 1. The highest BCUT2D eigenvalue weighted by Gasteiger charge is 2.37. The predicted octanol–water partition coefficient (Wildman–Crippen LogP) is 0.777. The van der Waals surface area contributed by atoms with Crippen molar-refractivity contribution in [1.82, 2.24) is 14.3 Å². The molecule has 1 aliphatic rings. The normalized spacial score (nSPS) is 19.6. The van der Waals surface area contributed by atoms with E-state index in [1.54, 1.807) is 6.20 Å². The van der Waals surface area contributed by atoms with Crippen LogP contribution in [0.25, 0.3) is 5.65 Å². The number of amides is 1. The molecule has 1 atom stereocenters. The first-order chi connectivity index (χ1) is 9.93. The van der Waals surface area contributed by atoms with E-state index in [1.807, 2.05) is 28.9 Å². The van der Waals surface area contributed by atoms with Gasteiger partial charge in [0.15, 0.2) is 0 Å². The molecule has 21 heavy (non-hydrogen) atoms. The maximum Gasteiger partial charge on any atom is 0.307 e. The van der Waals surface area contributed by atoms with Gasteiger partial charge in [-0.05, 0) is 18.1 Å². The molecule has 1 saturated heterocycles. The molecule has 1 aliphatic heterocycles. The lowest BCUT2D eigenvalue weighted by Crippen LogP contribution is -2.29. The average molecular weight is 311 g/mol. The third-order valence-corrected chi connectivity index (χ3v) is 4.81. The fourth-order valence-electron chi connectivity index (χ4n) is 2.52. The molecule has 3 heterocycles. The van der Waals surface area contributed by atoms with Gasteiger partial charge in [0.1, 0.15) is 10.9 Å². The number of likely N-dealkylation sites (tertiary alicyclic amines) is 1. The summed E-state index contributed by atoms with van der Waals surface area (Å²) in [6.07, 6.45) is 5.75. The van der Waals surface area contributed by atoms with E-state index < -0.39 is 15.5 Å². The monoisotopic (exact) mass is 311 g/mol. The van der Waals surface area contributed by atoms with E-state index in [0.717, 1.165) is 11.2 Å². The fraction of sp³-hybridized carbons (Fsp3) is 0.385. The molecular formula is C13H14FN3O3S. The van der Waals surface area contributed by atoms with Crippen molar-refractivity contribution in [3.05, 3.63) is 36.3 Å². The van der Waals surface area contributed by atoms with Crippen LogP contribution in [0.4, 0.5) is 3.89 Å². The van der Waals surface area contributed by atoms with Crippen LogP contribution in [0, 0.1) is 0 Å². The van der Waals surface area contributed by atoms with E-state index in [2.05, 4.69) is 4.98 Å². The highest BCUT2D eigenvalue weighted by atomic mass is 32.3. The van der Waals surface area contributed by atoms with Crippen LogP contribution in [0.1, 0.15) is 12.0 Å². The van der Waals surface area contributed by atoms with Crippen LogP contribution in [0.2, 0.25) is 0 Å². The Labute approximate surface area is 121 Å². The number of nitrogens with zero attached hydrogens (tertiary/aromatic N) is 3. The summed E-state index contributed by atoms with van der Waals surface area (Å²) in [6.45, 7) is 0.316. The van der Waals surface area contributed by atoms with Crippen LogP contribution in [0.3, 0.4) is 0 Å². The van der Waals surface area contributed by atoms with Crippen molar-refractivity contribution < 1.29 is 17.1 Å². The van der Waals surface area contributed by atoms with Gasteiger partial charge >= 0.3 is 10.2 Å². The van der Waals surface area contributed by atoms with Gasteiger partial charge in [-0.1, -0.05) is 6.07 Å². The van der Waals surface area contributed by atoms with Gasteiger partial charge in [-0.15, -0.1) is 3.89 Å². The van der Waals surface area contributed by atoms with E-state index in [0.29, 0.717) is 13.0 Å². The average Bonchev–Trinajstić information content (AvgIpc) is 3.01. The molecule has 8 heteroatoms. The summed E-state index contributed by atoms with van der Waals surface area (Å²) in [4.78, 5) is 17.2. The van der Waals surface area contributed by atoms with Gasteiger partial charge in [0.05, 0.1) is 0 Å². The molecule has 0 radical (unpaired) electrons. The highest BCUT2D eigenvalue weighted by molar-refractivity contribution is 7.87. The Kier molecular flexibility index (Phi) is 3.40. The molecule has 6 nitrogen and oxygen atoms in total. The number of hydrogen-bond acceptors (Lipinski definition) is 4. The molecule has 112 valence electrons. The molecule has 1 unspecified atom stereocenters. The number of rotatable bonds is 4.